The fourth-order valence-electron chi connectivity index (χ4n) is 5.64. The Bertz CT molecular complexity index is 996. The van der Waals surface area contributed by atoms with Crippen molar-refractivity contribution in [2.75, 3.05) is 24.6 Å². The Labute approximate surface area is 344 Å². The van der Waals surface area contributed by atoms with Gasteiger partial charge in [-0.05, 0) is 50.8 Å². The summed E-state index contributed by atoms with van der Waals surface area (Å²) >= 11 is 0. The zero-order valence-corrected chi connectivity index (χ0v) is 36.7. The van der Waals surface area contributed by atoms with Crippen molar-refractivity contribution in [3.05, 3.63) is 0 Å². The molecule has 0 aromatic carbocycles. The van der Waals surface area contributed by atoms with E-state index < -0.39 is 20.2 Å². The minimum Gasteiger partial charge on any atom is -0.862 e. The maximum atomic E-state index is 11.6. The molecule has 51 heavy (non-hydrogen) atoms. The molecule has 0 unspecified atom stereocenters. The number of unbranched alkanes of at least 4 members (excludes halogenated alkanes) is 24. The van der Waals surface area contributed by atoms with Crippen molar-refractivity contribution < 1.29 is 35.8 Å². The first-order valence-corrected chi connectivity index (χ1v) is 23.5. The number of aliphatic imine (C=N–C) groups is 1. The summed E-state index contributed by atoms with van der Waals surface area (Å²) in [5.41, 5.74) is 0. The number of amides is 1. The van der Waals surface area contributed by atoms with Gasteiger partial charge in [-0.2, -0.15) is 8.42 Å². The molecule has 0 aliphatic rings. The van der Waals surface area contributed by atoms with Gasteiger partial charge in [0.15, 0.2) is 0 Å². The average molecular weight is 793 g/mol. The second kappa shape index (κ2) is 41.2. The molecule has 0 aromatic heterocycles. The molecular weight excluding hydrogens is 717 g/mol. The maximum Gasteiger partial charge on any atom is 2.00 e. The number of nitrogens with one attached hydrogen (secondary N) is 1. The second-order valence-electron chi connectivity index (χ2n) is 13.9. The number of nitrogens with zero attached hydrogens (tertiary/aromatic N) is 1. The molecule has 0 fully saturated rings. The van der Waals surface area contributed by atoms with E-state index in [9.17, 15) is 31.3 Å². The van der Waals surface area contributed by atoms with Gasteiger partial charge < -0.3 is 20.0 Å². The minimum absolute atomic E-state index is 0. The van der Waals surface area contributed by atoms with Gasteiger partial charge >= 0.3 is 37.7 Å². The van der Waals surface area contributed by atoms with Gasteiger partial charge in [0.1, 0.15) is 0 Å². The van der Waals surface area contributed by atoms with Gasteiger partial charge in [0, 0.05) is 25.3 Å². The van der Waals surface area contributed by atoms with Gasteiger partial charge in [0.05, 0.1) is 15.9 Å². The smallest absolute Gasteiger partial charge is 0.862 e. The molecule has 0 aliphatic heterocycles. The van der Waals surface area contributed by atoms with Gasteiger partial charge in [-0.3, -0.25) is 9.35 Å². The molecule has 0 heterocycles. The Morgan fingerprint density at radius 1 is 0.549 bits per heavy atom. The SMILES string of the molecule is CCCCCCCCCCCCCCC(=O)NCCCCS(=O)(=O)O.CCCCCCCCCCCCCCC([O-])=NCCCCS(=O)(=O)[O-].[Ca+2]. The molecule has 0 saturated heterocycles. The van der Waals surface area contributed by atoms with Crippen LogP contribution in [-0.2, 0) is 25.0 Å². The van der Waals surface area contributed by atoms with Crippen LogP contribution in [0.5, 0.6) is 0 Å². The first kappa shape index (κ1) is 55.4. The van der Waals surface area contributed by atoms with Crippen LogP contribution < -0.4 is 10.4 Å². The molecule has 0 rings (SSSR count). The molecule has 0 bridgehead atoms. The third-order valence-electron chi connectivity index (χ3n) is 8.74. The van der Waals surface area contributed by atoms with Gasteiger partial charge in [-0.1, -0.05) is 155 Å². The van der Waals surface area contributed by atoms with E-state index in [4.69, 9.17) is 4.55 Å². The van der Waals surface area contributed by atoms with E-state index in [2.05, 4.69) is 24.2 Å². The molecule has 0 aliphatic carbocycles. The first-order chi connectivity index (χ1) is 23.9. The molecule has 0 atom stereocenters. The summed E-state index contributed by atoms with van der Waals surface area (Å²) in [7, 11) is -8.01. The van der Waals surface area contributed by atoms with Crippen LogP contribution in [0.15, 0.2) is 4.99 Å². The fraction of sp³-hybridized carbons (Fsp3) is 0.947. The molecule has 300 valence electrons. The van der Waals surface area contributed by atoms with E-state index in [0.717, 1.165) is 25.7 Å². The molecule has 0 radical (unpaired) electrons. The van der Waals surface area contributed by atoms with Crippen LogP contribution in [0, 0.1) is 0 Å². The van der Waals surface area contributed by atoms with Crippen molar-refractivity contribution in [2.45, 2.75) is 206 Å². The van der Waals surface area contributed by atoms with E-state index in [1.807, 2.05) is 0 Å². The first-order valence-electron chi connectivity index (χ1n) is 20.3. The molecule has 1 amide bonds. The summed E-state index contributed by atoms with van der Waals surface area (Å²) < 4.78 is 60.9. The Morgan fingerprint density at radius 2 is 0.922 bits per heavy atom. The maximum absolute atomic E-state index is 11.6. The molecular formula is C38H76CaN2O8S2. The normalized spacial score (nSPS) is 11.9. The van der Waals surface area contributed by atoms with E-state index in [-0.39, 0.29) is 67.5 Å². The van der Waals surface area contributed by atoms with E-state index in [0.29, 0.717) is 45.2 Å². The number of carbonyl (C=O) groups excluding carboxylic acids is 1. The van der Waals surface area contributed by atoms with Gasteiger partial charge in [0.2, 0.25) is 5.91 Å². The molecule has 10 nitrogen and oxygen atoms in total. The van der Waals surface area contributed by atoms with E-state index >= 15 is 0 Å². The largest absolute Gasteiger partial charge is 2.00 e. The number of hydrogen-bond acceptors (Lipinski definition) is 8. The van der Waals surface area contributed by atoms with E-state index in [1.54, 1.807) is 0 Å². The standard InChI is InChI=1S/2C19H39NO4S.Ca/c2*1-2-3-4-5-6-7-8-9-10-11-12-13-16-19(21)20-17-14-15-18-25(22,23)24;/h2*2-18H2,1H3,(H,20,21)(H,22,23,24);/q;;+2/p-2. The minimum atomic E-state index is -4.14. The summed E-state index contributed by atoms with van der Waals surface area (Å²) in [6.45, 7) is 5.30. The summed E-state index contributed by atoms with van der Waals surface area (Å²) in [6.07, 6.45) is 33.3. The van der Waals surface area contributed by atoms with Crippen LogP contribution in [0.3, 0.4) is 0 Å². The van der Waals surface area contributed by atoms with Crippen molar-refractivity contribution in [3.8, 4) is 0 Å². The Hall–Kier alpha value is 0.0197. The summed E-state index contributed by atoms with van der Waals surface area (Å²) in [4.78, 5) is 15.5. The average Bonchev–Trinajstić information content (AvgIpc) is 3.04. The Balaban J connectivity index is -0.000000886. The molecule has 0 spiro atoms. The monoisotopic (exact) mass is 792 g/mol. The molecule has 2 N–H and O–H groups in total. The number of rotatable bonds is 36. The summed E-state index contributed by atoms with van der Waals surface area (Å²) in [6, 6.07) is 0. The van der Waals surface area contributed by atoms with Crippen LogP contribution in [-0.4, -0.2) is 100 Å². The van der Waals surface area contributed by atoms with Crippen molar-refractivity contribution >= 4 is 69.8 Å². The summed E-state index contributed by atoms with van der Waals surface area (Å²) in [5, 5.41) is 14.3. The van der Waals surface area contributed by atoms with Gasteiger partial charge in [0.25, 0.3) is 10.1 Å². The third-order valence-corrected chi connectivity index (χ3v) is 10.3. The zero-order valence-electron chi connectivity index (χ0n) is 32.8. The quantitative estimate of drug-likeness (QED) is 0.0208. The number of carbonyl (C=O) groups is 1. The van der Waals surface area contributed by atoms with Crippen LogP contribution in [0.4, 0.5) is 0 Å². The molecule has 0 aromatic rings. The molecule has 13 heteroatoms. The predicted octanol–water partition coefficient (Wildman–Crippen LogP) is 8.64. The van der Waals surface area contributed by atoms with E-state index in [1.165, 1.54) is 128 Å². The van der Waals surface area contributed by atoms with Crippen molar-refractivity contribution in [3.63, 3.8) is 0 Å². The Kier molecular flexibility index (Phi) is 44.7. The Morgan fingerprint density at radius 3 is 1.31 bits per heavy atom. The topological polar surface area (TPSA) is 176 Å². The van der Waals surface area contributed by atoms with Crippen molar-refractivity contribution in [2.24, 2.45) is 4.99 Å². The fourth-order valence-corrected chi connectivity index (χ4v) is 6.77. The zero-order chi connectivity index (χ0) is 37.6. The summed E-state index contributed by atoms with van der Waals surface area (Å²) in [5.74, 6) is -0.659. The van der Waals surface area contributed by atoms with Gasteiger partial charge in [-0.25, -0.2) is 8.42 Å². The third kappa shape index (κ3) is 54.5. The van der Waals surface area contributed by atoms with Crippen LogP contribution >= 0.6 is 0 Å². The van der Waals surface area contributed by atoms with Crippen molar-refractivity contribution in [1.82, 2.24) is 5.32 Å². The van der Waals surface area contributed by atoms with Crippen LogP contribution in [0.25, 0.3) is 0 Å². The van der Waals surface area contributed by atoms with Crippen LogP contribution in [0.2, 0.25) is 0 Å². The van der Waals surface area contributed by atoms with Crippen molar-refractivity contribution in [1.29, 1.82) is 0 Å². The molecule has 0 saturated carbocycles. The number of hydrogen-bond donors (Lipinski definition) is 2. The van der Waals surface area contributed by atoms with Gasteiger partial charge in [-0.15, -0.1) is 0 Å². The second-order valence-corrected chi connectivity index (χ2v) is 17.0. The van der Waals surface area contributed by atoms with Crippen LogP contribution in [0.1, 0.15) is 206 Å². The predicted molar refractivity (Wildman–Crippen MR) is 212 cm³/mol.